The number of thioether (sulfide) groups is 1. The number of rotatable bonds is 6. The lowest BCUT2D eigenvalue weighted by atomic mass is 10.3. The molecule has 0 saturated heterocycles. The smallest absolute Gasteiger partial charge is 0.334 e. The Morgan fingerprint density at radius 1 is 1.50 bits per heavy atom. The predicted octanol–water partition coefficient (Wildman–Crippen LogP) is 2.78. The highest BCUT2D eigenvalue weighted by Gasteiger charge is 2.10. The first-order valence-corrected chi connectivity index (χ1v) is 7.14. The Hall–Kier alpha value is -1.95. The van der Waals surface area contributed by atoms with E-state index in [2.05, 4.69) is 16.5 Å². The quantitative estimate of drug-likeness (QED) is 0.504. The Bertz CT molecular complexity index is 636. The Morgan fingerprint density at radius 2 is 2.30 bits per heavy atom. The van der Waals surface area contributed by atoms with E-state index in [1.165, 1.54) is 11.8 Å². The molecule has 106 valence electrons. The first kappa shape index (κ1) is 14.5. The molecule has 0 fully saturated rings. The second-order valence-corrected chi connectivity index (χ2v) is 5.00. The van der Waals surface area contributed by atoms with Gasteiger partial charge in [0.15, 0.2) is 5.16 Å². The summed E-state index contributed by atoms with van der Waals surface area (Å²) >= 11 is 1.41. The minimum Gasteiger partial charge on any atom is -0.497 e. The van der Waals surface area contributed by atoms with E-state index in [-0.39, 0.29) is 5.97 Å². The van der Waals surface area contributed by atoms with Gasteiger partial charge in [-0.05, 0) is 19.1 Å². The third-order valence-electron chi connectivity index (χ3n) is 2.61. The van der Waals surface area contributed by atoms with Crippen molar-refractivity contribution in [3.8, 4) is 5.75 Å². The Labute approximate surface area is 121 Å². The number of carbonyl (C=O) groups excluding carboxylic acids is 1. The fourth-order valence-corrected chi connectivity index (χ4v) is 2.38. The van der Waals surface area contributed by atoms with Crippen molar-refractivity contribution in [2.45, 2.75) is 12.1 Å². The number of imidazole rings is 1. The summed E-state index contributed by atoms with van der Waals surface area (Å²) in [4.78, 5) is 19.0. The van der Waals surface area contributed by atoms with Gasteiger partial charge in [-0.3, -0.25) is 0 Å². The van der Waals surface area contributed by atoms with Crippen LogP contribution >= 0.6 is 11.8 Å². The lowest BCUT2D eigenvalue weighted by Crippen LogP contribution is -2.08. The topological polar surface area (TPSA) is 64.2 Å². The van der Waals surface area contributed by atoms with Crippen molar-refractivity contribution in [3.63, 3.8) is 0 Å². The van der Waals surface area contributed by atoms with Gasteiger partial charge in [0.05, 0.1) is 24.8 Å². The minimum absolute atomic E-state index is 0.354. The number of benzene rings is 1. The zero-order valence-electron chi connectivity index (χ0n) is 11.4. The number of aromatic nitrogens is 2. The third-order valence-corrected chi connectivity index (χ3v) is 3.57. The normalized spacial score (nSPS) is 10.5. The van der Waals surface area contributed by atoms with E-state index >= 15 is 0 Å². The van der Waals surface area contributed by atoms with E-state index in [0.29, 0.717) is 17.9 Å². The van der Waals surface area contributed by atoms with Crippen LogP contribution in [0.2, 0.25) is 0 Å². The first-order chi connectivity index (χ1) is 9.63. The highest BCUT2D eigenvalue weighted by molar-refractivity contribution is 7.99. The van der Waals surface area contributed by atoms with Crippen LogP contribution in [0.15, 0.2) is 35.5 Å². The van der Waals surface area contributed by atoms with Gasteiger partial charge in [0.25, 0.3) is 0 Å². The zero-order chi connectivity index (χ0) is 14.5. The molecule has 0 aliphatic heterocycles. The number of hydrogen-bond donors (Lipinski definition) is 1. The van der Waals surface area contributed by atoms with Crippen molar-refractivity contribution in [1.82, 2.24) is 9.97 Å². The summed E-state index contributed by atoms with van der Waals surface area (Å²) in [6.07, 6.45) is 0. The van der Waals surface area contributed by atoms with Crippen LogP contribution in [-0.2, 0) is 9.53 Å². The molecule has 1 heterocycles. The molecule has 1 aromatic carbocycles. The molecule has 2 rings (SSSR count). The van der Waals surface area contributed by atoms with Crippen LogP contribution in [-0.4, -0.2) is 35.4 Å². The third kappa shape index (κ3) is 3.33. The van der Waals surface area contributed by atoms with E-state index in [1.807, 2.05) is 18.2 Å². The standard InChI is InChI=1S/C14H16N2O3S/c1-4-19-13(17)9(2)8-20-14-15-11-6-5-10(18-3)7-12(11)16-14/h5-7H,2,4,8H2,1,3H3,(H,15,16). The summed E-state index contributed by atoms with van der Waals surface area (Å²) in [6.45, 7) is 5.84. The van der Waals surface area contributed by atoms with Crippen LogP contribution in [0, 0.1) is 0 Å². The Kier molecular flexibility index (Phi) is 4.68. The van der Waals surface area contributed by atoms with E-state index in [9.17, 15) is 4.79 Å². The number of aromatic amines is 1. The molecule has 0 aliphatic carbocycles. The molecule has 2 aromatic rings. The van der Waals surface area contributed by atoms with Crippen LogP contribution in [0.25, 0.3) is 11.0 Å². The van der Waals surface area contributed by atoms with Gasteiger partial charge in [-0.1, -0.05) is 18.3 Å². The van der Waals surface area contributed by atoms with Gasteiger partial charge >= 0.3 is 5.97 Å². The van der Waals surface area contributed by atoms with Crippen LogP contribution in [0.1, 0.15) is 6.92 Å². The van der Waals surface area contributed by atoms with Gasteiger partial charge in [0, 0.05) is 17.4 Å². The molecule has 0 radical (unpaired) electrons. The van der Waals surface area contributed by atoms with Crippen molar-refractivity contribution in [2.24, 2.45) is 0 Å². The number of nitrogens with one attached hydrogen (secondary N) is 1. The number of fused-ring (bicyclic) bond motifs is 1. The fourth-order valence-electron chi connectivity index (χ4n) is 1.61. The summed E-state index contributed by atoms with van der Waals surface area (Å²) in [7, 11) is 1.62. The van der Waals surface area contributed by atoms with Crippen molar-refractivity contribution in [2.75, 3.05) is 19.5 Å². The van der Waals surface area contributed by atoms with Crippen molar-refractivity contribution in [1.29, 1.82) is 0 Å². The number of nitrogens with zero attached hydrogens (tertiary/aromatic N) is 1. The second kappa shape index (κ2) is 6.47. The summed E-state index contributed by atoms with van der Waals surface area (Å²) in [5.41, 5.74) is 2.18. The largest absolute Gasteiger partial charge is 0.497 e. The number of hydrogen-bond acceptors (Lipinski definition) is 5. The second-order valence-electron chi connectivity index (χ2n) is 4.04. The number of esters is 1. The molecule has 1 N–H and O–H groups in total. The molecule has 20 heavy (non-hydrogen) atoms. The monoisotopic (exact) mass is 292 g/mol. The zero-order valence-corrected chi connectivity index (χ0v) is 12.3. The maximum atomic E-state index is 11.4. The number of H-pyrrole nitrogens is 1. The summed E-state index contributed by atoms with van der Waals surface area (Å²) in [5.74, 6) is 0.849. The number of carbonyl (C=O) groups is 1. The van der Waals surface area contributed by atoms with E-state index in [4.69, 9.17) is 9.47 Å². The van der Waals surface area contributed by atoms with Gasteiger partial charge in [-0.15, -0.1) is 0 Å². The van der Waals surface area contributed by atoms with Crippen LogP contribution in [0.5, 0.6) is 5.75 Å². The van der Waals surface area contributed by atoms with E-state index in [0.717, 1.165) is 21.9 Å². The molecule has 0 atom stereocenters. The number of ether oxygens (including phenoxy) is 2. The molecule has 6 heteroatoms. The van der Waals surface area contributed by atoms with Crippen molar-refractivity contribution >= 4 is 28.8 Å². The SMILES string of the molecule is C=C(CSc1nc2ccc(OC)cc2[nH]1)C(=O)OCC. The Morgan fingerprint density at radius 3 is 3.00 bits per heavy atom. The summed E-state index contributed by atoms with van der Waals surface area (Å²) in [5, 5.41) is 0.735. The molecule has 0 saturated carbocycles. The van der Waals surface area contributed by atoms with Crippen LogP contribution in [0.4, 0.5) is 0 Å². The van der Waals surface area contributed by atoms with Crippen molar-refractivity contribution < 1.29 is 14.3 Å². The first-order valence-electron chi connectivity index (χ1n) is 6.15. The van der Waals surface area contributed by atoms with Gasteiger partial charge in [0.2, 0.25) is 0 Å². The molecule has 0 amide bonds. The lowest BCUT2D eigenvalue weighted by Gasteiger charge is -2.03. The fraction of sp³-hybridized carbons (Fsp3) is 0.286. The summed E-state index contributed by atoms with van der Waals surface area (Å²) < 4.78 is 10.0. The maximum Gasteiger partial charge on any atom is 0.334 e. The molecule has 0 aliphatic rings. The van der Waals surface area contributed by atoms with E-state index < -0.39 is 0 Å². The molecule has 0 spiro atoms. The van der Waals surface area contributed by atoms with Crippen molar-refractivity contribution in [3.05, 3.63) is 30.4 Å². The molecule has 1 aromatic heterocycles. The lowest BCUT2D eigenvalue weighted by molar-refractivity contribution is -0.138. The van der Waals surface area contributed by atoms with Gasteiger partial charge < -0.3 is 14.5 Å². The molecule has 0 unspecified atom stereocenters. The van der Waals surface area contributed by atoms with Crippen LogP contribution in [0.3, 0.4) is 0 Å². The molecular weight excluding hydrogens is 276 g/mol. The highest BCUT2D eigenvalue weighted by atomic mass is 32.2. The van der Waals surface area contributed by atoms with Gasteiger partial charge in [-0.2, -0.15) is 0 Å². The highest BCUT2D eigenvalue weighted by Crippen LogP contribution is 2.24. The molecule has 0 bridgehead atoms. The van der Waals surface area contributed by atoms with Gasteiger partial charge in [-0.25, -0.2) is 9.78 Å². The minimum atomic E-state index is -0.363. The summed E-state index contributed by atoms with van der Waals surface area (Å²) in [6, 6.07) is 5.62. The predicted molar refractivity (Wildman–Crippen MR) is 79.1 cm³/mol. The number of methoxy groups -OCH3 is 1. The molecular formula is C14H16N2O3S. The van der Waals surface area contributed by atoms with Crippen LogP contribution < -0.4 is 4.74 Å². The van der Waals surface area contributed by atoms with Gasteiger partial charge in [0.1, 0.15) is 5.75 Å². The maximum absolute atomic E-state index is 11.4. The average Bonchev–Trinajstić information content (AvgIpc) is 2.86. The van der Waals surface area contributed by atoms with E-state index in [1.54, 1.807) is 14.0 Å². The average molecular weight is 292 g/mol. The molecule has 5 nitrogen and oxygen atoms in total. The Balaban J connectivity index is 2.03.